The number of benzene rings is 1. The molecule has 1 saturated carbocycles. The van der Waals surface area contributed by atoms with Crippen LogP contribution in [0.5, 0.6) is 0 Å². The molecule has 1 aliphatic rings. The lowest BCUT2D eigenvalue weighted by Crippen LogP contribution is -2.53. The normalized spacial score (nSPS) is 17.0. The molecule has 0 spiro atoms. The Bertz CT molecular complexity index is 436. The summed E-state index contributed by atoms with van der Waals surface area (Å²) in [6.45, 7) is 2.91. The third-order valence-electron chi connectivity index (χ3n) is 4.19. The standard InChI is InChI=1S/C16H25N3O.2ClH/c1-13(14-7-3-2-4-8-14)19-16(9-5-6-10-16)12-18-15(20)11-17;;/h2-4,7-8,13,19H,5-6,9-12,17H2,1H3,(H,18,20);2*1H. The summed E-state index contributed by atoms with van der Waals surface area (Å²) >= 11 is 0. The fourth-order valence-corrected chi connectivity index (χ4v) is 3.05. The smallest absolute Gasteiger partial charge is 0.233 e. The summed E-state index contributed by atoms with van der Waals surface area (Å²) in [6, 6.07) is 10.7. The van der Waals surface area contributed by atoms with Gasteiger partial charge in [-0.1, -0.05) is 43.2 Å². The number of carbonyl (C=O) groups is 1. The first-order chi connectivity index (χ1) is 9.65. The molecule has 4 nitrogen and oxygen atoms in total. The van der Waals surface area contributed by atoms with Gasteiger partial charge in [0.15, 0.2) is 0 Å². The number of hydrogen-bond acceptors (Lipinski definition) is 3. The van der Waals surface area contributed by atoms with Crippen LogP contribution in [0.2, 0.25) is 0 Å². The second-order valence-electron chi connectivity index (χ2n) is 5.74. The molecule has 0 bridgehead atoms. The summed E-state index contributed by atoms with van der Waals surface area (Å²) in [5, 5.41) is 6.68. The van der Waals surface area contributed by atoms with Crippen LogP contribution in [0.4, 0.5) is 0 Å². The predicted molar refractivity (Wildman–Crippen MR) is 95.8 cm³/mol. The summed E-state index contributed by atoms with van der Waals surface area (Å²) in [5.41, 5.74) is 6.66. The first-order valence-electron chi connectivity index (χ1n) is 7.45. The third kappa shape index (κ3) is 5.76. The maximum Gasteiger partial charge on any atom is 0.233 e. The minimum absolute atomic E-state index is 0. The molecule has 1 aromatic rings. The van der Waals surface area contributed by atoms with Gasteiger partial charge in [-0.25, -0.2) is 0 Å². The molecule has 1 aromatic carbocycles. The van der Waals surface area contributed by atoms with E-state index in [9.17, 15) is 4.79 Å². The molecular weight excluding hydrogens is 321 g/mol. The maximum absolute atomic E-state index is 11.4. The highest BCUT2D eigenvalue weighted by Crippen LogP contribution is 2.31. The molecule has 126 valence electrons. The van der Waals surface area contributed by atoms with Crippen LogP contribution in [-0.2, 0) is 4.79 Å². The van der Waals surface area contributed by atoms with E-state index in [1.165, 1.54) is 18.4 Å². The van der Waals surface area contributed by atoms with E-state index in [0.717, 1.165) is 12.8 Å². The minimum Gasteiger partial charge on any atom is -0.353 e. The van der Waals surface area contributed by atoms with Gasteiger partial charge in [0.1, 0.15) is 0 Å². The van der Waals surface area contributed by atoms with Gasteiger partial charge >= 0.3 is 0 Å². The molecule has 1 unspecified atom stereocenters. The van der Waals surface area contributed by atoms with Crippen LogP contribution in [-0.4, -0.2) is 24.5 Å². The van der Waals surface area contributed by atoms with Crippen molar-refractivity contribution in [3.8, 4) is 0 Å². The van der Waals surface area contributed by atoms with E-state index in [0.29, 0.717) is 6.54 Å². The van der Waals surface area contributed by atoms with Gasteiger partial charge < -0.3 is 16.4 Å². The molecule has 0 aliphatic heterocycles. The average Bonchev–Trinajstić information content (AvgIpc) is 2.94. The molecule has 1 aliphatic carbocycles. The fourth-order valence-electron chi connectivity index (χ4n) is 3.05. The van der Waals surface area contributed by atoms with E-state index < -0.39 is 0 Å². The van der Waals surface area contributed by atoms with Crippen LogP contribution in [0.15, 0.2) is 30.3 Å². The number of rotatable bonds is 6. The minimum atomic E-state index is -0.0783. The topological polar surface area (TPSA) is 67.1 Å². The van der Waals surface area contributed by atoms with Crippen LogP contribution in [0.25, 0.3) is 0 Å². The summed E-state index contributed by atoms with van der Waals surface area (Å²) in [7, 11) is 0. The number of nitrogens with two attached hydrogens (primary N) is 1. The monoisotopic (exact) mass is 347 g/mol. The molecule has 1 amide bonds. The van der Waals surface area contributed by atoms with Crippen LogP contribution in [0, 0.1) is 0 Å². The van der Waals surface area contributed by atoms with E-state index in [-0.39, 0.29) is 48.8 Å². The quantitative estimate of drug-likeness (QED) is 0.740. The highest BCUT2D eigenvalue weighted by molar-refractivity contribution is 5.85. The van der Waals surface area contributed by atoms with Gasteiger partial charge in [-0.05, 0) is 25.3 Å². The van der Waals surface area contributed by atoms with Crippen molar-refractivity contribution in [2.75, 3.05) is 13.1 Å². The highest BCUT2D eigenvalue weighted by atomic mass is 35.5. The fraction of sp³-hybridized carbons (Fsp3) is 0.562. The Morgan fingerprint density at radius 3 is 2.36 bits per heavy atom. The van der Waals surface area contributed by atoms with Gasteiger partial charge in [-0.15, -0.1) is 24.8 Å². The molecule has 1 atom stereocenters. The largest absolute Gasteiger partial charge is 0.353 e. The zero-order valence-electron chi connectivity index (χ0n) is 13.0. The van der Waals surface area contributed by atoms with Gasteiger partial charge in [-0.2, -0.15) is 0 Å². The molecule has 2 rings (SSSR count). The Hall–Kier alpha value is -0.810. The van der Waals surface area contributed by atoms with Gasteiger partial charge in [0.2, 0.25) is 5.91 Å². The number of nitrogens with one attached hydrogen (secondary N) is 2. The Labute approximate surface area is 145 Å². The van der Waals surface area contributed by atoms with Crippen molar-refractivity contribution in [2.24, 2.45) is 5.73 Å². The zero-order chi connectivity index (χ0) is 14.4. The van der Waals surface area contributed by atoms with Gasteiger partial charge in [0, 0.05) is 18.1 Å². The molecule has 0 radical (unpaired) electrons. The van der Waals surface area contributed by atoms with Crippen molar-refractivity contribution in [2.45, 2.75) is 44.2 Å². The maximum atomic E-state index is 11.4. The van der Waals surface area contributed by atoms with Crippen molar-refractivity contribution < 1.29 is 4.79 Å². The highest BCUT2D eigenvalue weighted by Gasteiger charge is 2.35. The molecule has 4 N–H and O–H groups in total. The molecule has 1 fully saturated rings. The van der Waals surface area contributed by atoms with Crippen LogP contribution in [0.3, 0.4) is 0 Å². The SMILES string of the molecule is CC(NC1(CNC(=O)CN)CCCC1)c1ccccc1.Cl.Cl. The molecule has 22 heavy (non-hydrogen) atoms. The van der Waals surface area contributed by atoms with Crippen LogP contribution >= 0.6 is 24.8 Å². The van der Waals surface area contributed by atoms with Crippen LogP contribution < -0.4 is 16.4 Å². The van der Waals surface area contributed by atoms with Crippen molar-refractivity contribution in [1.29, 1.82) is 0 Å². The Morgan fingerprint density at radius 2 is 1.82 bits per heavy atom. The summed E-state index contributed by atoms with van der Waals surface area (Å²) in [5.74, 6) is -0.0783. The van der Waals surface area contributed by atoms with E-state index in [1.807, 2.05) is 6.07 Å². The van der Waals surface area contributed by atoms with Gasteiger partial charge in [-0.3, -0.25) is 4.79 Å². The zero-order valence-corrected chi connectivity index (χ0v) is 14.6. The van der Waals surface area contributed by atoms with Crippen molar-refractivity contribution in [1.82, 2.24) is 10.6 Å². The molecule has 0 aromatic heterocycles. The Kier molecular flexibility index (Phi) is 9.69. The van der Waals surface area contributed by atoms with Gasteiger partial charge in [0.25, 0.3) is 0 Å². The lowest BCUT2D eigenvalue weighted by molar-refractivity contribution is -0.120. The van der Waals surface area contributed by atoms with Crippen molar-refractivity contribution >= 4 is 30.7 Å². The second kappa shape index (κ2) is 10.1. The summed E-state index contributed by atoms with van der Waals surface area (Å²) in [4.78, 5) is 11.4. The number of halogens is 2. The third-order valence-corrected chi connectivity index (χ3v) is 4.19. The molecule has 0 saturated heterocycles. The van der Waals surface area contributed by atoms with Crippen molar-refractivity contribution in [3.63, 3.8) is 0 Å². The molecular formula is C16H27Cl2N3O. The lowest BCUT2D eigenvalue weighted by Gasteiger charge is -2.34. The van der Waals surface area contributed by atoms with Crippen molar-refractivity contribution in [3.05, 3.63) is 35.9 Å². The van der Waals surface area contributed by atoms with E-state index >= 15 is 0 Å². The van der Waals surface area contributed by atoms with Gasteiger partial charge in [0.05, 0.1) is 6.54 Å². The predicted octanol–water partition coefficient (Wildman–Crippen LogP) is 2.57. The summed E-state index contributed by atoms with van der Waals surface area (Å²) < 4.78 is 0. The molecule has 0 heterocycles. The molecule has 6 heteroatoms. The first-order valence-corrected chi connectivity index (χ1v) is 7.45. The average molecular weight is 348 g/mol. The second-order valence-corrected chi connectivity index (χ2v) is 5.74. The first kappa shape index (κ1) is 21.2. The lowest BCUT2D eigenvalue weighted by atomic mass is 9.94. The van der Waals surface area contributed by atoms with E-state index in [4.69, 9.17) is 5.73 Å². The Balaban J connectivity index is 0.00000220. The van der Waals surface area contributed by atoms with E-state index in [1.54, 1.807) is 0 Å². The number of amides is 1. The Morgan fingerprint density at radius 1 is 1.23 bits per heavy atom. The number of hydrogen-bond donors (Lipinski definition) is 3. The number of carbonyl (C=O) groups excluding carboxylic acids is 1. The van der Waals surface area contributed by atoms with Crippen LogP contribution in [0.1, 0.15) is 44.2 Å². The van der Waals surface area contributed by atoms with E-state index in [2.05, 4.69) is 41.8 Å². The summed E-state index contributed by atoms with van der Waals surface area (Å²) in [6.07, 6.45) is 4.64.